The topological polar surface area (TPSA) is 66.8 Å². The molecule has 2 N–H and O–H groups in total. The molecule has 0 saturated heterocycles. The Balaban J connectivity index is 2.01. The summed E-state index contributed by atoms with van der Waals surface area (Å²) in [6, 6.07) is 10.7. The van der Waals surface area contributed by atoms with Gasteiger partial charge in [-0.05, 0) is 38.3 Å². The summed E-state index contributed by atoms with van der Waals surface area (Å²) in [5.74, 6) is -0.384. The van der Waals surface area contributed by atoms with Gasteiger partial charge in [0.05, 0.1) is 0 Å². The van der Waals surface area contributed by atoms with E-state index in [1.165, 1.54) is 12.1 Å². The molecule has 1 heterocycles. The van der Waals surface area contributed by atoms with Crippen molar-refractivity contribution in [3.05, 3.63) is 59.2 Å². The van der Waals surface area contributed by atoms with Gasteiger partial charge in [0.2, 0.25) is 0 Å². The van der Waals surface area contributed by atoms with E-state index in [9.17, 15) is 15.0 Å². The average molecular weight is 324 g/mol. The third kappa shape index (κ3) is 3.13. The van der Waals surface area contributed by atoms with E-state index in [0.717, 1.165) is 12.0 Å². The molecule has 24 heavy (non-hydrogen) atoms. The molecule has 0 radical (unpaired) electrons. The Hall–Kier alpha value is -2.75. The van der Waals surface area contributed by atoms with E-state index in [0.29, 0.717) is 12.0 Å². The maximum atomic E-state index is 12.6. The molecule has 0 aliphatic carbocycles. The Morgan fingerprint density at radius 1 is 1.17 bits per heavy atom. The van der Waals surface area contributed by atoms with E-state index in [-0.39, 0.29) is 28.6 Å². The lowest BCUT2D eigenvalue weighted by atomic mass is 9.90. The zero-order chi connectivity index (χ0) is 17.3. The molecule has 0 saturated carbocycles. The van der Waals surface area contributed by atoms with E-state index in [2.05, 4.69) is 0 Å². The predicted molar refractivity (Wildman–Crippen MR) is 92.6 cm³/mol. The van der Waals surface area contributed by atoms with Crippen molar-refractivity contribution >= 4 is 11.9 Å². The molecular weight excluding hydrogens is 304 g/mol. The summed E-state index contributed by atoms with van der Waals surface area (Å²) >= 11 is 0. The Labute approximate surface area is 141 Å². The molecule has 0 bridgehead atoms. The quantitative estimate of drug-likeness (QED) is 0.659. The fraction of sp³-hybridized carbons (Fsp3) is 0.250. The van der Waals surface area contributed by atoms with Crippen LogP contribution >= 0.6 is 0 Å². The Morgan fingerprint density at radius 2 is 1.88 bits per heavy atom. The van der Waals surface area contributed by atoms with Crippen molar-refractivity contribution in [2.45, 2.75) is 32.3 Å². The van der Waals surface area contributed by atoms with Crippen molar-refractivity contribution in [2.24, 2.45) is 0 Å². The Bertz CT molecular complexity index is 804. The molecular formula is C20H20O4. The summed E-state index contributed by atoms with van der Waals surface area (Å²) in [6.45, 7) is 3.84. The molecule has 0 unspecified atom stereocenters. The van der Waals surface area contributed by atoms with Gasteiger partial charge < -0.3 is 14.9 Å². The largest absolute Gasteiger partial charge is 0.507 e. The first-order valence-corrected chi connectivity index (χ1v) is 7.92. The van der Waals surface area contributed by atoms with Gasteiger partial charge in [-0.15, -0.1) is 0 Å². The number of ketones is 1. The van der Waals surface area contributed by atoms with Crippen LogP contribution in [0.2, 0.25) is 0 Å². The summed E-state index contributed by atoms with van der Waals surface area (Å²) in [7, 11) is 0. The van der Waals surface area contributed by atoms with E-state index in [4.69, 9.17) is 4.74 Å². The number of rotatable bonds is 3. The van der Waals surface area contributed by atoms with Crippen molar-refractivity contribution in [1.82, 2.24) is 0 Å². The fourth-order valence-electron chi connectivity index (χ4n) is 2.84. The highest BCUT2D eigenvalue weighted by Crippen LogP contribution is 2.44. The number of fused-ring (bicyclic) bond motifs is 1. The number of allylic oxidation sites excluding steroid dienone is 1. The highest BCUT2D eigenvalue weighted by Gasteiger charge is 2.33. The number of ether oxygens (including phenoxy) is 1. The molecule has 4 heteroatoms. The van der Waals surface area contributed by atoms with Crippen molar-refractivity contribution in [3.8, 4) is 17.2 Å². The normalized spacial score (nSPS) is 15.8. The highest BCUT2D eigenvalue weighted by molar-refractivity contribution is 6.11. The van der Waals surface area contributed by atoms with Crippen molar-refractivity contribution in [3.63, 3.8) is 0 Å². The van der Waals surface area contributed by atoms with Crippen molar-refractivity contribution in [1.29, 1.82) is 0 Å². The molecule has 2 aromatic carbocycles. The van der Waals surface area contributed by atoms with Gasteiger partial charge in [-0.25, -0.2) is 0 Å². The molecule has 0 spiro atoms. The van der Waals surface area contributed by atoms with Gasteiger partial charge in [0.15, 0.2) is 5.78 Å². The van der Waals surface area contributed by atoms with Crippen LogP contribution in [0.4, 0.5) is 0 Å². The van der Waals surface area contributed by atoms with Crippen LogP contribution in [0.1, 0.15) is 41.8 Å². The van der Waals surface area contributed by atoms with E-state index < -0.39 is 5.60 Å². The number of carbonyl (C=O) groups is 1. The minimum absolute atomic E-state index is 0.0402. The maximum absolute atomic E-state index is 12.6. The zero-order valence-corrected chi connectivity index (χ0v) is 13.7. The van der Waals surface area contributed by atoms with Crippen LogP contribution in [-0.2, 0) is 6.42 Å². The molecule has 0 fully saturated rings. The molecule has 0 amide bonds. The Kier molecular flexibility index (Phi) is 4.06. The summed E-state index contributed by atoms with van der Waals surface area (Å²) in [4.78, 5) is 12.6. The van der Waals surface area contributed by atoms with Crippen LogP contribution in [0.3, 0.4) is 0 Å². The summed E-state index contributed by atoms with van der Waals surface area (Å²) < 4.78 is 5.91. The number of hydrogen-bond acceptors (Lipinski definition) is 4. The van der Waals surface area contributed by atoms with Gasteiger partial charge in [0.1, 0.15) is 28.4 Å². The van der Waals surface area contributed by atoms with Gasteiger partial charge >= 0.3 is 0 Å². The zero-order valence-electron chi connectivity index (χ0n) is 13.7. The number of hydrogen-bond donors (Lipinski definition) is 2. The van der Waals surface area contributed by atoms with Crippen LogP contribution in [-0.4, -0.2) is 21.6 Å². The van der Waals surface area contributed by atoms with Gasteiger partial charge in [0.25, 0.3) is 0 Å². The lowest BCUT2D eigenvalue weighted by Gasteiger charge is -2.34. The molecule has 2 aromatic rings. The predicted octanol–water partition coefficient (Wildman–Crippen LogP) is 4.10. The minimum atomic E-state index is -0.453. The Morgan fingerprint density at radius 3 is 2.58 bits per heavy atom. The first-order valence-electron chi connectivity index (χ1n) is 7.92. The average Bonchev–Trinajstić information content (AvgIpc) is 2.52. The maximum Gasteiger partial charge on any atom is 0.193 e. The number of phenolic OH excluding ortho intramolecular Hbond substituents is 2. The van der Waals surface area contributed by atoms with Gasteiger partial charge in [-0.3, -0.25) is 4.79 Å². The molecule has 1 aliphatic heterocycles. The van der Waals surface area contributed by atoms with Gasteiger partial charge in [-0.2, -0.15) is 0 Å². The third-order valence-electron chi connectivity index (χ3n) is 4.17. The first-order chi connectivity index (χ1) is 11.4. The van der Waals surface area contributed by atoms with Crippen LogP contribution in [0.25, 0.3) is 6.08 Å². The highest BCUT2D eigenvalue weighted by atomic mass is 16.5. The second-order valence-corrected chi connectivity index (χ2v) is 6.57. The minimum Gasteiger partial charge on any atom is -0.507 e. The standard InChI is InChI=1S/C20H20O4/c1-20(2)11-10-14-16(22)12-17(23)18(19(14)24-20)15(21)9-8-13-6-4-3-5-7-13/h3-9,12,22-23H,10-11H2,1-2H3/b9-8+. The van der Waals surface area contributed by atoms with E-state index in [1.54, 1.807) is 6.08 Å². The molecule has 1 aliphatic rings. The number of carbonyl (C=O) groups excluding carboxylic acids is 1. The molecule has 0 aromatic heterocycles. The molecule has 4 nitrogen and oxygen atoms in total. The number of benzene rings is 2. The molecule has 3 rings (SSSR count). The lowest BCUT2D eigenvalue weighted by Crippen LogP contribution is -2.33. The van der Waals surface area contributed by atoms with E-state index in [1.807, 2.05) is 44.2 Å². The SMILES string of the molecule is CC1(C)CCc2c(O)cc(O)c(C(=O)/C=C/c3ccccc3)c2O1. The lowest BCUT2D eigenvalue weighted by molar-refractivity contribution is 0.0801. The summed E-state index contributed by atoms with van der Waals surface area (Å²) in [5.41, 5.74) is 1.11. The smallest absolute Gasteiger partial charge is 0.193 e. The molecule has 124 valence electrons. The van der Waals surface area contributed by atoms with Crippen LogP contribution in [0.5, 0.6) is 17.2 Å². The van der Waals surface area contributed by atoms with Crippen LogP contribution < -0.4 is 4.74 Å². The van der Waals surface area contributed by atoms with Gasteiger partial charge in [0, 0.05) is 11.6 Å². The second kappa shape index (κ2) is 6.04. The van der Waals surface area contributed by atoms with E-state index >= 15 is 0 Å². The summed E-state index contributed by atoms with van der Waals surface area (Å²) in [5, 5.41) is 20.2. The fourth-order valence-corrected chi connectivity index (χ4v) is 2.84. The monoisotopic (exact) mass is 324 g/mol. The van der Waals surface area contributed by atoms with Crippen LogP contribution in [0, 0.1) is 0 Å². The van der Waals surface area contributed by atoms with Crippen molar-refractivity contribution < 1.29 is 19.7 Å². The first kappa shape index (κ1) is 16.1. The molecule has 0 atom stereocenters. The third-order valence-corrected chi connectivity index (χ3v) is 4.17. The van der Waals surface area contributed by atoms with Gasteiger partial charge in [-0.1, -0.05) is 36.4 Å². The number of phenols is 2. The van der Waals surface area contributed by atoms with Crippen LogP contribution in [0.15, 0.2) is 42.5 Å². The number of aromatic hydroxyl groups is 2. The second-order valence-electron chi connectivity index (χ2n) is 6.57. The summed E-state index contributed by atoms with van der Waals surface area (Å²) in [6.07, 6.45) is 4.42. The van der Waals surface area contributed by atoms with Crippen molar-refractivity contribution in [2.75, 3.05) is 0 Å².